The molecule has 0 aliphatic carbocycles. The third-order valence-corrected chi connectivity index (χ3v) is 6.14. The molecule has 0 N–H and O–H groups in total. The first kappa shape index (κ1) is 20.1. The molecule has 0 radical (unpaired) electrons. The quantitative estimate of drug-likeness (QED) is 0.270. The number of nitrogens with zero attached hydrogens (tertiary/aromatic N) is 1. The Hall–Kier alpha value is -3.84. The molecule has 0 saturated heterocycles. The van der Waals surface area contributed by atoms with Crippen LogP contribution in [0, 0.1) is 6.92 Å². The summed E-state index contributed by atoms with van der Waals surface area (Å²) in [6.45, 7) is 2.23. The second kappa shape index (κ2) is 9.11. The number of aryl methyl sites for hydroxylation is 3. The smallest absolute Gasteiger partial charge is 0.0468 e. The summed E-state index contributed by atoms with van der Waals surface area (Å²) in [7, 11) is 0. The van der Waals surface area contributed by atoms with Gasteiger partial charge in [0.05, 0.1) is 0 Å². The number of rotatable bonds is 6. The van der Waals surface area contributed by atoms with E-state index in [1.165, 1.54) is 33.2 Å². The van der Waals surface area contributed by atoms with Crippen molar-refractivity contribution in [3.8, 4) is 0 Å². The van der Waals surface area contributed by atoms with Crippen molar-refractivity contribution in [1.29, 1.82) is 0 Å². The lowest BCUT2D eigenvalue weighted by molar-refractivity contribution is 0.959. The largest absolute Gasteiger partial charge is 0.310 e. The van der Waals surface area contributed by atoms with Crippen molar-refractivity contribution in [2.75, 3.05) is 4.90 Å². The Kier molecular flexibility index (Phi) is 5.72. The van der Waals surface area contributed by atoms with E-state index in [4.69, 9.17) is 0 Å². The maximum absolute atomic E-state index is 2.32. The minimum absolute atomic E-state index is 1.05. The van der Waals surface area contributed by atoms with Crippen LogP contribution in [0.15, 0.2) is 121 Å². The van der Waals surface area contributed by atoms with Gasteiger partial charge in [0.15, 0.2) is 0 Å². The highest BCUT2D eigenvalue weighted by molar-refractivity contribution is 5.92. The molecular formula is C31H27N. The van der Waals surface area contributed by atoms with E-state index < -0.39 is 0 Å². The summed E-state index contributed by atoms with van der Waals surface area (Å²) in [6.07, 6.45) is 2.11. The fourth-order valence-corrected chi connectivity index (χ4v) is 4.48. The molecule has 0 saturated carbocycles. The maximum Gasteiger partial charge on any atom is 0.0468 e. The second-order valence-electron chi connectivity index (χ2n) is 8.26. The first-order valence-electron chi connectivity index (χ1n) is 11.3. The molecule has 0 spiro atoms. The predicted molar refractivity (Wildman–Crippen MR) is 137 cm³/mol. The highest BCUT2D eigenvalue weighted by atomic mass is 15.1. The molecule has 5 aromatic carbocycles. The van der Waals surface area contributed by atoms with Gasteiger partial charge in [0.25, 0.3) is 0 Å². The van der Waals surface area contributed by atoms with Gasteiger partial charge >= 0.3 is 0 Å². The average Bonchev–Trinajstić information content (AvgIpc) is 2.86. The van der Waals surface area contributed by atoms with Crippen LogP contribution in [-0.2, 0) is 12.8 Å². The molecule has 0 unspecified atom stereocenters. The van der Waals surface area contributed by atoms with Crippen molar-refractivity contribution in [3.63, 3.8) is 0 Å². The fourth-order valence-electron chi connectivity index (χ4n) is 4.48. The summed E-state index contributed by atoms with van der Waals surface area (Å²) in [6, 6.07) is 43.3. The average molecular weight is 414 g/mol. The molecule has 1 nitrogen and oxygen atoms in total. The predicted octanol–water partition coefficient (Wildman–Crippen LogP) is 8.40. The van der Waals surface area contributed by atoms with Gasteiger partial charge < -0.3 is 4.90 Å². The van der Waals surface area contributed by atoms with Crippen molar-refractivity contribution in [3.05, 3.63) is 138 Å². The maximum atomic E-state index is 2.32. The first-order valence-corrected chi connectivity index (χ1v) is 11.3. The van der Waals surface area contributed by atoms with E-state index in [-0.39, 0.29) is 0 Å². The van der Waals surface area contributed by atoms with E-state index in [1.807, 2.05) is 0 Å². The molecule has 0 aliphatic heterocycles. The molecule has 32 heavy (non-hydrogen) atoms. The van der Waals surface area contributed by atoms with E-state index >= 15 is 0 Å². The zero-order valence-corrected chi connectivity index (χ0v) is 18.4. The second-order valence-corrected chi connectivity index (χ2v) is 8.26. The molecule has 156 valence electrons. The van der Waals surface area contributed by atoms with E-state index in [1.54, 1.807) is 0 Å². The summed E-state index contributed by atoms with van der Waals surface area (Å²) in [5.74, 6) is 0. The minimum Gasteiger partial charge on any atom is -0.310 e. The Bertz CT molecular complexity index is 1270. The fraction of sp³-hybridized carbons (Fsp3) is 0.0968. The van der Waals surface area contributed by atoms with Gasteiger partial charge in [-0.1, -0.05) is 84.9 Å². The summed E-state index contributed by atoms with van der Waals surface area (Å²) in [5, 5.41) is 2.64. The van der Waals surface area contributed by atoms with E-state index in [9.17, 15) is 0 Å². The van der Waals surface area contributed by atoms with Crippen molar-refractivity contribution in [2.45, 2.75) is 19.8 Å². The molecule has 0 aromatic heterocycles. The Morgan fingerprint density at radius 1 is 0.531 bits per heavy atom. The van der Waals surface area contributed by atoms with Gasteiger partial charge in [0.1, 0.15) is 0 Å². The first-order chi connectivity index (χ1) is 15.8. The van der Waals surface area contributed by atoms with Gasteiger partial charge in [0, 0.05) is 17.1 Å². The third kappa shape index (κ3) is 4.15. The Balaban J connectivity index is 1.56. The molecule has 0 atom stereocenters. The molecule has 1 heteroatoms. The summed E-state index contributed by atoms with van der Waals surface area (Å²) in [5.41, 5.74) is 7.70. The van der Waals surface area contributed by atoms with Gasteiger partial charge in [-0.05, 0) is 83.6 Å². The van der Waals surface area contributed by atoms with Crippen molar-refractivity contribution in [1.82, 2.24) is 0 Å². The van der Waals surface area contributed by atoms with Crippen LogP contribution in [0.4, 0.5) is 17.1 Å². The molecule has 0 heterocycles. The standard InChI is InChI=1S/C31H27N/c1-24-17-19-26-23-29(20-22-31(26)30(24)21-18-25-11-5-2-6-12-25)32(27-13-7-3-8-14-27)28-15-9-4-10-16-28/h2-17,19-20,22-23H,18,21H2,1H3. The number of para-hydroxylation sites is 2. The lowest BCUT2D eigenvalue weighted by Crippen LogP contribution is -2.09. The van der Waals surface area contributed by atoms with Crippen LogP contribution in [-0.4, -0.2) is 0 Å². The number of benzene rings is 5. The number of anilines is 3. The molecule has 5 rings (SSSR count). The van der Waals surface area contributed by atoms with Crippen LogP contribution in [0.25, 0.3) is 10.8 Å². The normalized spacial score (nSPS) is 10.9. The van der Waals surface area contributed by atoms with Crippen LogP contribution in [0.1, 0.15) is 16.7 Å². The van der Waals surface area contributed by atoms with Gasteiger partial charge in [0.2, 0.25) is 0 Å². The van der Waals surface area contributed by atoms with E-state index in [0.29, 0.717) is 0 Å². The summed E-state index contributed by atoms with van der Waals surface area (Å²) in [4.78, 5) is 2.32. The highest BCUT2D eigenvalue weighted by Crippen LogP contribution is 2.36. The topological polar surface area (TPSA) is 3.24 Å². The lowest BCUT2D eigenvalue weighted by Gasteiger charge is -2.26. The zero-order chi connectivity index (χ0) is 21.8. The van der Waals surface area contributed by atoms with Gasteiger partial charge in [-0.3, -0.25) is 0 Å². The van der Waals surface area contributed by atoms with Crippen molar-refractivity contribution in [2.24, 2.45) is 0 Å². The van der Waals surface area contributed by atoms with Crippen LogP contribution in [0.5, 0.6) is 0 Å². The van der Waals surface area contributed by atoms with E-state index in [0.717, 1.165) is 24.2 Å². The molecule has 0 amide bonds. The monoisotopic (exact) mass is 413 g/mol. The Morgan fingerprint density at radius 2 is 1.12 bits per heavy atom. The minimum atomic E-state index is 1.05. The van der Waals surface area contributed by atoms with Crippen LogP contribution in [0.2, 0.25) is 0 Å². The zero-order valence-electron chi connectivity index (χ0n) is 18.4. The Labute approximate surface area is 190 Å². The van der Waals surface area contributed by atoms with Crippen LogP contribution >= 0.6 is 0 Å². The summed E-state index contributed by atoms with van der Waals surface area (Å²) < 4.78 is 0. The van der Waals surface area contributed by atoms with E-state index in [2.05, 4.69) is 133 Å². The van der Waals surface area contributed by atoms with Gasteiger partial charge in [-0.2, -0.15) is 0 Å². The molecule has 0 bridgehead atoms. The van der Waals surface area contributed by atoms with Crippen molar-refractivity contribution < 1.29 is 0 Å². The molecule has 0 aliphatic rings. The number of hydrogen-bond acceptors (Lipinski definition) is 1. The Morgan fingerprint density at radius 3 is 1.75 bits per heavy atom. The number of hydrogen-bond donors (Lipinski definition) is 0. The van der Waals surface area contributed by atoms with Gasteiger partial charge in [-0.15, -0.1) is 0 Å². The molecule has 5 aromatic rings. The van der Waals surface area contributed by atoms with Crippen molar-refractivity contribution >= 4 is 27.8 Å². The SMILES string of the molecule is Cc1ccc2cc(N(c3ccccc3)c3ccccc3)ccc2c1CCc1ccccc1. The third-order valence-electron chi connectivity index (χ3n) is 6.14. The number of fused-ring (bicyclic) bond motifs is 1. The van der Waals surface area contributed by atoms with Gasteiger partial charge in [-0.25, -0.2) is 0 Å². The molecule has 0 fully saturated rings. The summed E-state index contributed by atoms with van der Waals surface area (Å²) >= 11 is 0. The van der Waals surface area contributed by atoms with Crippen LogP contribution in [0.3, 0.4) is 0 Å². The van der Waals surface area contributed by atoms with Crippen LogP contribution < -0.4 is 4.90 Å². The lowest BCUT2D eigenvalue weighted by atomic mass is 9.94. The highest BCUT2D eigenvalue weighted by Gasteiger charge is 2.13. The molecular weight excluding hydrogens is 386 g/mol.